The van der Waals surface area contributed by atoms with E-state index in [-0.39, 0.29) is 6.04 Å². The number of hydrogen-bond acceptors (Lipinski definition) is 2. The molecule has 1 saturated carbocycles. The fraction of sp³-hybridized carbons (Fsp3) is 0.556. The summed E-state index contributed by atoms with van der Waals surface area (Å²) >= 11 is 0. The maximum Gasteiger partial charge on any atom is 0.319 e. The van der Waals surface area contributed by atoms with Gasteiger partial charge < -0.3 is 10.4 Å². The molecule has 13 heavy (non-hydrogen) atoms. The van der Waals surface area contributed by atoms with E-state index in [0.717, 1.165) is 0 Å². The third kappa shape index (κ3) is 1.71. The lowest BCUT2D eigenvalue weighted by Crippen LogP contribution is -2.40. The molecule has 1 aliphatic carbocycles. The number of aliphatic carboxylic acids is 1. The fourth-order valence-electron chi connectivity index (χ4n) is 1.07. The van der Waals surface area contributed by atoms with Crippen molar-refractivity contribution in [1.82, 2.24) is 5.32 Å². The molecule has 2 N–H and O–H groups in total. The highest BCUT2D eigenvalue weighted by atomic mass is 16.4. The summed E-state index contributed by atoms with van der Waals surface area (Å²) in [6.07, 6.45) is 2.45. The second-order valence-electron chi connectivity index (χ2n) is 3.39. The minimum absolute atomic E-state index is 0.177. The van der Waals surface area contributed by atoms with E-state index in [1.165, 1.54) is 0 Å². The molecule has 1 fully saturated rings. The summed E-state index contributed by atoms with van der Waals surface area (Å²) in [6.45, 7) is 5.25. The van der Waals surface area contributed by atoms with Gasteiger partial charge >= 0.3 is 5.97 Å². The summed E-state index contributed by atoms with van der Waals surface area (Å²) in [5.41, 5.74) is -1.14. The van der Waals surface area contributed by atoms with Gasteiger partial charge in [-0.05, 0) is 19.8 Å². The Bertz CT molecular complexity index is 256. The number of nitrogens with one attached hydrogen (secondary N) is 1. The van der Waals surface area contributed by atoms with Crippen molar-refractivity contribution in [3.05, 3.63) is 12.7 Å². The number of carbonyl (C=O) groups is 2. The Hall–Kier alpha value is -1.32. The first kappa shape index (κ1) is 9.77. The van der Waals surface area contributed by atoms with Crippen LogP contribution in [0.2, 0.25) is 0 Å². The molecule has 0 aromatic carbocycles. The molecule has 4 heteroatoms. The molecular weight excluding hydrogens is 170 g/mol. The van der Waals surface area contributed by atoms with Crippen molar-refractivity contribution in [2.24, 2.45) is 5.41 Å². The lowest BCUT2D eigenvalue weighted by molar-refractivity contribution is -0.149. The van der Waals surface area contributed by atoms with Crippen molar-refractivity contribution in [2.45, 2.75) is 25.8 Å². The monoisotopic (exact) mass is 183 g/mol. The molecule has 0 heterocycles. The zero-order valence-corrected chi connectivity index (χ0v) is 7.54. The maximum atomic E-state index is 11.4. The van der Waals surface area contributed by atoms with Crippen molar-refractivity contribution in [3.8, 4) is 0 Å². The highest BCUT2D eigenvalue weighted by molar-refractivity contribution is 6.04. The minimum Gasteiger partial charge on any atom is -0.480 e. The van der Waals surface area contributed by atoms with Gasteiger partial charge in [0, 0.05) is 6.04 Å². The van der Waals surface area contributed by atoms with Crippen molar-refractivity contribution < 1.29 is 14.7 Å². The van der Waals surface area contributed by atoms with Gasteiger partial charge in [0.2, 0.25) is 5.91 Å². The van der Waals surface area contributed by atoms with Crippen molar-refractivity contribution in [1.29, 1.82) is 0 Å². The molecule has 1 unspecified atom stereocenters. The van der Waals surface area contributed by atoms with E-state index in [9.17, 15) is 9.59 Å². The zero-order valence-electron chi connectivity index (χ0n) is 7.54. The zero-order chi connectivity index (χ0) is 10.1. The standard InChI is InChI=1S/C9H13NO3/c1-3-6(2)10-7(11)9(4-5-9)8(12)13/h3,6H,1,4-5H2,2H3,(H,10,11)(H,12,13). The van der Waals surface area contributed by atoms with Crippen LogP contribution in [0.3, 0.4) is 0 Å². The summed E-state index contributed by atoms with van der Waals surface area (Å²) in [5.74, 6) is -1.42. The lowest BCUT2D eigenvalue weighted by Gasteiger charge is -2.13. The lowest BCUT2D eigenvalue weighted by atomic mass is 10.1. The molecule has 4 nitrogen and oxygen atoms in total. The van der Waals surface area contributed by atoms with Crippen molar-refractivity contribution >= 4 is 11.9 Å². The Kier molecular flexibility index (Phi) is 2.40. The van der Waals surface area contributed by atoms with Crippen LogP contribution in [-0.2, 0) is 9.59 Å². The molecule has 0 saturated heterocycles. The van der Waals surface area contributed by atoms with Gasteiger partial charge in [-0.2, -0.15) is 0 Å². The topological polar surface area (TPSA) is 66.4 Å². The van der Waals surface area contributed by atoms with Gasteiger partial charge in [-0.15, -0.1) is 6.58 Å². The summed E-state index contributed by atoms with van der Waals surface area (Å²) in [6, 6.07) is -0.177. The van der Waals surface area contributed by atoms with Gasteiger partial charge in [-0.1, -0.05) is 6.08 Å². The van der Waals surface area contributed by atoms with Gasteiger partial charge in [-0.25, -0.2) is 0 Å². The summed E-state index contributed by atoms with van der Waals surface area (Å²) < 4.78 is 0. The SMILES string of the molecule is C=CC(C)NC(=O)C1(C(=O)O)CC1. The van der Waals surface area contributed by atoms with E-state index < -0.39 is 17.3 Å². The molecule has 0 radical (unpaired) electrons. The molecular formula is C9H13NO3. The smallest absolute Gasteiger partial charge is 0.319 e. The number of hydrogen-bond donors (Lipinski definition) is 2. The predicted octanol–water partition coefficient (Wildman–Crippen LogP) is 0.542. The van der Waals surface area contributed by atoms with E-state index >= 15 is 0 Å². The molecule has 1 amide bonds. The van der Waals surface area contributed by atoms with Gasteiger partial charge in [0.15, 0.2) is 0 Å². The highest BCUT2D eigenvalue weighted by Crippen LogP contribution is 2.46. The van der Waals surface area contributed by atoms with E-state index in [2.05, 4.69) is 11.9 Å². The maximum absolute atomic E-state index is 11.4. The minimum atomic E-state index is -1.14. The van der Waals surface area contributed by atoms with Crippen molar-refractivity contribution in [2.75, 3.05) is 0 Å². The predicted molar refractivity (Wildman–Crippen MR) is 47.1 cm³/mol. The molecule has 0 aromatic rings. The third-order valence-electron chi connectivity index (χ3n) is 2.31. The molecule has 1 atom stereocenters. The van der Waals surface area contributed by atoms with E-state index in [0.29, 0.717) is 12.8 Å². The van der Waals surface area contributed by atoms with E-state index in [1.807, 2.05) is 0 Å². The Balaban J connectivity index is 2.58. The van der Waals surface area contributed by atoms with Gasteiger partial charge in [-0.3, -0.25) is 9.59 Å². The Morgan fingerprint density at radius 1 is 1.62 bits per heavy atom. The number of carboxylic acids is 1. The van der Waals surface area contributed by atoms with Gasteiger partial charge in [0.05, 0.1) is 0 Å². The first-order valence-electron chi connectivity index (χ1n) is 4.20. The Morgan fingerprint density at radius 3 is 2.46 bits per heavy atom. The first-order chi connectivity index (χ1) is 6.03. The van der Waals surface area contributed by atoms with Crippen LogP contribution < -0.4 is 5.32 Å². The highest BCUT2D eigenvalue weighted by Gasteiger charge is 2.57. The summed E-state index contributed by atoms with van der Waals surface area (Å²) in [4.78, 5) is 22.1. The van der Waals surface area contributed by atoms with Crippen LogP contribution in [0.15, 0.2) is 12.7 Å². The number of rotatable bonds is 4. The molecule has 0 aromatic heterocycles. The van der Waals surface area contributed by atoms with Crippen LogP contribution in [0.5, 0.6) is 0 Å². The van der Waals surface area contributed by atoms with Crippen LogP contribution in [0.1, 0.15) is 19.8 Å². The van der Waals surface area contributed by atoms with E-state index in [4.69, 9.17) is 5.11 Å². The summed E-state index contributed by atoms with van der Waals surface area (Å²) in [7, 11) is 0. The number of carbonyl (C=O) groups excluding carboxylic acids is 1. The van der Waals surface area contributed by atoms with Gasteiger partial charge in [0.25, 0.3) is 0 Å². The molecule has 1 rings (SSSR count). The fourth-order valence-corrected chi connectivity index (χ4v) is 1.07. The number of carboxylic acid groups (broad SMARTS) is 1. The van der Waals surface area contributed by atoms with Crippen LogP contribution >= 0.6 is 0 Å². The second-order valence-corrected chi connectivity index (χ2v) is 3.39. The normalized spacial score (nSPS) is 20.1. The molecule has 1 aliphatic rings. The Labute approximate surface area is 76.6 Å². The molecule has 0 spiro atoms. The average molecular weight is 183 g/mol. The quantitative estimate of drug-likeness (QED) is 0.494. The number of amides is 1. The first-order valence-corrected chi connectivity index (χ1v) is 4.20. The van der Waals surface area contributed by atoms with Gasteiger partial charge in [0.1, 0.15) is 5.41 Å². The third-order valence-corrected chi connectivity index (χ3v) is 2.31. The largest absolute Gasteiger partial charge is 0.480 e. The van der Waals surface area contributed by atoms with E-state index in [1.54, 1.807) is 13.0 Å². The van der Waals surface area contributed by atoms with Crippen LogP contribution in [0, 0.1) is 5.41 Å². The van der Waals surface area contributed by atoms with Crippen molar-refractivity contribution in [3.63, 3.8) is 0 Å². The average Bonchev–Trinajstić information content (AvgIpc) is 2.83. The molecule has 0 aliphatic heterocycles. The van der Waals surface area contributed by atoms with Crippen LogP contribution in [0.25, 0.3) is 0 Å². The molecule has 0 bridgehead atoms. The summed E-state index contributed by atoms with van der Waals surface area (Å²) in [5, 5.41) is 11.3. The second kappa shape index (κ2) is 3.20. The Morgan fingerprint density at radius 2 is 2.15 bits per heavy atom. The van der Waals surface area contributed by atoms with Crippen LogP contribution in [0.4, 0.5) is 0 Å². The molecule has 72 valence electrons. The van der Waals surface area contributed by atoms with Crippen LogP contribution in [-0.4, -0.2) is 23.0 Å².